The van der Waals surface area contributed by atoms with Crippen molar-refractivity contribution >= 4 is 0 Å². The Hall–Kier alpha value is -0.300. The minimum absolute atomic E-state index is 0.435. The summed E-state index contributed by atoms with van der Waals surface area (Å²) in [4.78, 5) is 0. The Bertz CT molecular complexity index is 160. The van der Waals surface area contributed by atoms with E-state index >= 15 is 0 Å². The summed E-state index contributed by atoms with van der Waals surface area (Å²) in [5.41, 5.74) is 7.60. The molecule has 1 aliphatic carbocycles. The summed E-state index contributed by atoms with van der Waals surface area (Å²) < 4.78 is 0. The third-order valence-electron chi connectivity index (χ3n) is 3.02. The van der Waals surface area contributed by atoms with Gasteiger partial charge in [0.2, 0.25) is 0 Å². The summed E-state index contributed by atoms with van der Waals surface area (Å²) in [5.74, 6) is 0.767. The van der Waals surface area contributed by atoms with Crippen molar-refractivity contribution in [2.45, 2.75) is 52.0 Å². The van der Waals surface area contributed by atoms with Gasteiger partial charge in [0, 0.05) is 6.04 Å². The van der Waals surface area contributed by atoms with Crippen LogP contribution in [0.15, 0.2) is 11.6 Å². The minimum atomic E-state index is 0.435. The average molecular weight is 167 g/mol. The van der Waals surface area contributed by atoms with E-state index in [4.69, 9.17) is 5.73 Å². The van der Waals surface area contributed by atoms with Crippen molar-refractivity contribution in [3.63, 3.8) is 0 Å². The van der Waals surface area contributed by atoms with E-state index in [0.29, 0.717) is 6.04 Å². The van der Waals surface area contributed by atoms with Crippen LogP contribution in [-0.4, -0.2) is 6.04 Å². The zero-order chi connectivity index (χ0) is 8.97. The van der Waals surface area contributed by atoms with Gasteiger partial charge in [0.15, 0.2) is 0 Å². The number of rotatable bonds is 2. The summed E-state index contributed by atoms with van der Waals surface area (Å²) in [6.45, 7) is 4.43. The van der Waals surface area contributed by atoms with Crippen molar-refractivity contribution in [1.82, 2.24) is 0 Å². The molecule has 2 N–H and O–H groups in total. The Balaban J connectivity index is 2.40. The molecule has 1 rings (SSSR count). The Kier molecular flexibility index (Phi) is 3.80. The first kappa shape index (κ1) is 9.79. The standard InChI is InChI=1S/C11H21N/c1-3-11(12)10-6-4-5-9(2)7-8-10/h5,10-11H,3-4,6-8,12H2,1-2H3/t10?,11-/m0/s1. The second-order valence-corrected chi connectivity index (χ2v) is 4.00. The van der Waals surface area contributed by atoms with E-state index in [1.165, 1.54) is 25.7 Å². The molecule has 0 heterocycles. The van der Waals surface area contributed by atoms with E-state index < -0.39 is 0 Å². The van der Waals surface area contributed by atoms with Crippen molar-refractivity contribution < 1.29 is 0 Å². The van der Waals surface area contributed by atoms with E-state index in [9.17, 15) is 0 Å². The van der Waals surface area contributed by atoms with Crippen LogP contribution >= 0.6 is 0 Å². The highest BCUT2D eigenvalue weighted by atomic mass is 14.6. The molecule has 0 spiro atoms. The number of nitrogens with two attached hydrogens (primary N) is 1. The van der Waals surface area contributed by atoms with Crippen molar-refractivity contribution in [3.8, 4) is 0 Å². The maximum atomic E-state index is 6.04. The molecular formula is C11H21N. The maximum absolute atomic E-state index is 6.04. The molecule has 70 valence electrons. The highest BCUT2D eigenvalue weighted by Crippen LogP contribution is 2.25. The largest absolute Gasteiger partial charge is 0.327 e. The van der Waals surface area contributed by atoms with E-state index in [-0.39, 0.29) is 0 Å². The van der Waals surface area contributed by atoms with Crippen LogP contribution in [0.4, 0.5) is 0 Å². The fourth-order valence-corrected chi connectivity index (χ4v) is 1.96. The molecule has 0 bridgehead atoms. The summed E-state index contributed by atoms with van der Waals surface area (Å²) in [7, 11) is 0. The van der Waals surface area contributed by atoms with Gasteiger partial charge < -0.3 is 5.73 Å². The fraction of sp³-hybridized carbons (Fsp3) is 0.818. The van der Waals surface area contributed by atoms with Crippen LogP contribution in [-0.2, 0) is 0 Å². The number of allylic oxidation sites excluding steroid dienone is 2. The molecule has 0 saturated carbocycles. The molecule has 1 aliphatic rings. The van der Waals surface area contributed by atoms with Crippen molar-refractivity contribution in [3.05, 3.63) is 11.6 Å². The summed E-state index contributed by atoms with van der Waals surface area (Å²) >= 11 is 0. The predicted molar refractivity (Wildman–Crippen MR) is 54.0 cm³/mol. The Morgan fingerprint density at radius 2 is 2.33 bits per heavy atom. The first-order valence-corrected chi connectivity index (χ1v) is 5.15. The Morgan fingerprint density at radius 3 is 3.00 bits per heavy atom. The van der Waals surface area contributed by atoms with Crippen molar-refractivity contribution in [1.29, 1.82) is 0 Å². The molecule has 1 nitrogen and oxygen atoms in total. The van der Waals surface area contributed by atoms with Gasteiger partial charge in [-0.15, -0.1) is 0 Å². The first-order chi connectivity index (χ1) is 5.74. The Labute approximate surface area is 76.0 Å². The van der Waals surface area contributed by atoms with Crippen LogP contribution in [0.3, 0.4) is 0 Å². The van der Waals surface area contributed by atoms with Gasteiger partial charge in [-0.2, -0.15) is 0 Å². The molecule has 2 atom stereocenters. The molecule has 0 aromatic heterocycles. The minimum Gasteiger partial charge on any atom is -0.327 e. The van der Waals surface area contributed by atoms with Gasteiger partial charge in [0.05, 0.1) is 0 Å². The van der Waals surface area contributed by atoms with Crippen LogP contribution < -0.4 is 5.73 Å². The zero-order valence-electron chi connectivity index (χ0n) is 8.34. The molecule has 0 fully saturated rings. The van der Waals surface area contributed by atoms with E-state index in [0.717, 1.165) is 12.3 Å². The molecular weight excluding hydrogens is 146 g/mol. The van der Waals surface area contributed by atoms with Crippen LogP contribution in [0.2, 0.25) is 0 Å². The summed E-state index contributed by atoms with van der Waals surface area (Å²) in [5, 5.41) is 0. The van der Waals surface area contributed by atoms with Gasteiger partial charge in [-0.3, -0.25) is 0 Å². The van der Waals surface area contributed by atoms with Gasteiger partial charge in [-0.1, -0.05) is 18.6 Å². The van der Waals surface area contributed by atoms with Gasteiger partial charge in [-0.25, -0.2) is 0 Å². The fourth-order valence-electron chi connectivity index (χ4n) is 1.96. The van der Waals surface area contributed by atoms with E-state index in [2.05, 4.69) is 19.9 Å². The highest BCUT2D eigenvalue weighted by Gasteiger charge is 2.17. The van der Waals surface area contributed by atoms with Gasteiger partial charge >= 0.3 is 0 Å². The average Bonchev–Trinajstić information content (AvgIpc) is 2.29. The molecule has 12 heavy (non-hydrogen) atoms. The topological polar surface area (TPSA) is 26.0 Å². The van der Waals surface area contributed by atoms with Gasteiger partial charge in [-0.05, 0) is 44.9 Å². The smallest absolute Gasteiger partial charge is 0.00647 e. The summed E-state index contributed by atoms with van der Waals surface area (Å²) in [6, 6.07) is 0.435. The monoisotopic (exact) mass is 167 g/mol. The molecule has 0 aromatic carbocycles. The zero-order valence-corrected chi connectivity index (χ0v) is 8.34. The molecule has 1 heteroatoms. The molecule has 0 saturated heterocycles. The molecule has 1 unspecified atom stereocenters. The molecule has 0 amide bonds. The molecule has 0 aliphatic heterocycles. The second-order valence-electron chi connectivity index (χ2n) is 4.00. The van der Waals surface area contributed by atoms with E-state index in [1.54, 1.807) is 5.57 Å². The lowest BCUT2D eigenvalue weighted by atomic mass is 9.90. The predicted octanol–water partition coefficient (Wildman–Crippen LogP) is 2.86. The van der Waals surface area contributed by atoms with Crippen LogP contribution in [0.25, 0.3) is 0 Å². The highest BCUT2D eigenvalue weighted by molar-refractivity contribution is 5.01. The molecule has 0 radical (unpaired) electrons. The van der Waals surface area contributed by atoms with Crippen LogP contribution in [0, 0.1) is 5.92 Å². The first-order valence-electron chi connectivity index (χ1n) is 5.15. The van der Waals surface area contributed by atoms with Crippen molar-refractivity contribution in [2.24, 2.45) is 11.7 Å². The quantitative estimate of drug-likeness (QED) is 0.629. The van der Waals surface area contributed by atoms with Crippen LogP contribution in [0.5, 0.6) is 0 Å². The van der Waals surface area contributed by atoms with E-state index in [1.807, 2.05) is 0 Å². The number of hydrogen-bond acceptors (Lipinski definition) is 1. The lowest BCUT2D eigenvalue weighted by Gasteiger charge is -2.20. The Morgan fingerprint density at radius 1 is 1.58 bits per heavy atom. The third-order valence-corrected chi connectivity index (χ3v) is 3.02. The van der Waals surface area contributed by atoms with Gasteiger partial charge in [0.25, 0.3) is 0 Å². The lowest BCUT2D eigenvalue weighted by molar-refractivity contribution is 0.370. The van der Waals surface area contributed by atoms with Crippen LogP contribution in [0.1, 0.15) is 46.0 Å². The molecule has 0 aromatic rings. The van der Waals surface area contributed by atoms with Gasteiger partial charge in [0.1, 0.15) is 0 Å². The SMILES string of the molecule is CC[C@H](N)C1CCC=C(C)CC1. The second kappa shape index (κ2) is 4.66. The maximum Gasteiger partial charge on any atom is 0.00647 e. The number of hydrogen-bond donors (Lipinski definition) is 1. The normalized spacial score (nSPS) is 27.6. The lowest BCUT2D eigenvalue weighted by Crippen LogP contribution is -2.28. The summed E-state index contributed by atoms with van der Waals surface area (Å²) in [6.07, 6.45) is 8.61. The third kappa shape index (κ3) is 2.63. The van der Waals surface area contributed by atoms with Crippen molar-refractivity contribution in [2.75, 3.05) is 0 Å².